The predicted octanol–water partition coefficient (Wildman–Crippen LogP) is 3.15. The molecule has 0 bridgehead atoms. The Morgan fingerprint density at radius 1 is 1.31 bits per heavy atom. The Labute approximate surface area is 96.7 Å². The fourth-order valence-electron chi connectivity index (χ4n) is 1.91. The van der Waals surface area contributed by atoms with Gasteiger partial charge in [-0.2, -0.15) is 0 Å². The lowest BCUT2D eigenvalue weighted by Gasteiger charge is -2.22. The van der Waals surface area contributed by atoms with Crippen LogP contribution in [0.3, 0.4) is 0 Å². The van der Waals surface area contributed by atoms with Gasteiger partial charge in [0.25, 0.3) is 0 Å². The third kappa shape index (κ3) is 3.99. The number of aryl methyl sites for hydroxylation is 1. The second kappa shape index (κ2) is 6.71. The molecule has 0 spiro atoms. The van der Waals surface area contributed by atoms with Crippen molar-refractivity contribution < 1.29 is 13.9 Å². The standard InChI is InChI=1S/C13H20O3/c1(6-12-7-5-11-14-12)3-9-15-13-8-2-4-10-16-13/h5,7,11,13H,1-4,6,8-10H2. The zero-order valence-electron chi connectivity index (χ0n) is 9.69. The first-order valence-electron chi connectivity index (χ1n) is 6.21. The molecule has 0 radical (unpaired) electrons. The van der Waals surface area contributed by atoms with Crippen LogP contribution in [0.5, 0.6) is 0 Å². The van der Waals surface area contributed by atoms with Crippen LogP contribution < -0.4 is 0 Å². The van der Waals surface area contributed by atoms with Crippen LogP contribution in [0.1, 0.15) is 37.9 Å². The van der Waals surface area contributed by atoms with Gasteiger partial charge in [-0.05, 0) is 44.2 Å². The molecule has 0 saturated carbocycles. The molecule has 1 fully saturated rings. The van der Waals surface area contributed by atoms with E-state index in [2.05, 4.69) is 0 Å². The van der Waals surface area contributed by atoms with E-state index >= 15 is 0 Å². The highest BCUT2D eigenvalue weighted by atomic mass is 16.7. The minimum atomic E-state index is 0.0531. The Bertz CT molecular complexity index is 263. The average molecular weight is 224 g/mol. The van der Waals surface area contributed by atoms with Crippen molar-refractivity contribution >= 4 is 0 Å². The molecule has 2 heterocycles. The fraction of sp³-hybridized carbons (Fsp3) is 0.692. The van der Waals surface area contributed by atoms with Gasteiger partial charge in [-0.3, -0.25) is 0 Å². The summed E-state index contributed by atoms with van der Waals surface area (Å²) >= 11 is 0. The number of unbranched alkanes of at least 4 members (excludes halogenated alkanes) is 1. The summed E-state index contributed by atoms with van der Waals surface area (Å²) in [5.41, 5.74) is 0. The van der Waals surface area contributed by atoms with Crippen molar-refractivity contribution in [3.05, 3.63) is 24.2 Å². The van der Waals surface area contributed by atoms with Crippen LogP contribution in [0, 0.1) is 0 Å². The summed E-state index contributed by atoms with van der Waals surface area (Å²) in [6.45, 7) is 1.66. The van der Waals surface area contributed by atoms with Crippen LogP contribution in [0.2, 0.25) is 0 Å². The van der Waals surface area contributed by atoms with Crippen molar-refractivity contribution in [3.8, 4) is 0 Å². The van der Waals surface area contributed by atoms with Gasteiger partial charge in [0, 0.05) is 19.6 Å². The summed E-state index contributed by atoms with van der Waals surface area (Å²) in [6.07, 6.45) is 8.43. The maximum absolute atomic E-state index is 5.65. The maximum Gasteiger partial charge on any atom is 0.157 e. The lowest BCUT2D eigenvalue weighted by molar-refractivity contribution is -0.162. The number of hydrogen-bond donors (Lipinski definition) is 0. The molecule has 2 rings (SSSR count). The van der Waals surface area contributed by atoms with Crippen LogP contribution in [-0.4, -0.2) is 19.5 Å². The molecule has 3 nitrogen and oxygen atoms in total. The van der Waals surface area contributed by atoms with Gasteiger partial charge in [0.15, 0.2) is 6.29 Å². The number of furan rings is 1. The van der Waals surface area contributed by atoms with E-state index in [-0.39, 0.29) is 6.29 Å². The smallest absolute Gasteiger partial charge is 0.157 e. The summed E-state index contributed by atoms with van der Waals surface area (Å²) in [5.74, 6) is 1.06. The zero-order valence-corrected chi connectivity index (χ0v) is 9.69. The zero-order chi connectivity index (χ0) is 11.1. The Balaban J connectivity index is 1.48. The molecule has 1 aromatic rings. The largest absolute Gasteiger partial charge is 0.469 e. The molecule has 3 heteroatoms. The lowest BCUT2D eigenvalue weighted by atomic mass is 10.2. The summed E-state index contributed by atoms with van der Waals surface area (Å²) in [5, 5.41) is 0. The highest BCUT2D eigenvalue weighted by molar-refractivity contribution is 4.97. The van der Waals surface area contributed by atoms with Crippen molar-refractivity contribution in [3.63, 3.8) is 0 Å². The molecule has 1 aliphatic rings. The highest BCUT2D eigenvalue weighted by Gasteiger charge is 2.13. The molecule has 0 N–H and O–H groups in total. The molecule has 0 aromatic carbocycles. The Hall–Kier alpha value is -0.800. The first kappa shape index (κ1) is 11.7. The molecule has 1 aromatic heterocycles. The van der Waals surface area contributed by atoms with Gasteiger partial charge in [-0.25, -0.2) is 0 Å². The maximum atomic E-state index is 5.65. The van der Waals surface area contributed by atoms with Gasteiger partial charge in [0.2, 0.25) is 0 Å². The van der Waals surface area contributed by atoms with E-state index in [0.29, 0.717) is 0 Å². The van der Waals surface area contributed by atoms with E-state index in [1.807, 2.05) is 12.1 Å². The topological polar surface area (TPSA) is 31.6 Å². The first-order chi connectivity index (χ1) is 7.95. The van der Waals surface area contributed by atoms with Crippen LogP contribution in [-0.2, 0) is 15.9 Å². The quantitative estimate of drug-likeness (QED) is 0.696. The van der Waals surface area contributed by atoms with Gasteiger partial charge < -0.3 is 13.9 Å². The Morgan fingerprint density at radius 2 is 2.31 bits per heavy atom. The van der Waals surface area contributed by atoms with Crippen LogP contribution >= 0.6 is 0 Å². The van der Waals surface area contributed by atoms with Crippen LogP contribution in [0.4, 0.5) is 0 Å². The number of ether oxygens (including phenoxy) is 2. The third-order valence-corrected chi connectivity index (χ3v) is 2.84. The van der Waals surface area contributed by atoms with E-state index in [1.165, 1.54) is 12.8 Å². The van der Waals surface area contributed by atoms with Gasteiger partial charge in [0.1, 0.15) is 5.76 Å². The second-order valence-corrected chi connectivity index (χ2v) is 4.20. The lowest BCUT2D eigenvalue weighted by Crippen LogP contribution is -2.22. The Kier molecular flexibility index (Phi) is 4.90. The van der Waals surface area contributed by atoms with Crippen molar-refractivity contribution in [2.75, 3.05) is 13.2 Å². The molecular weight excluding hydrogens is 204 g/mol. The molecule has 1 saturated heterocycles. The van der Waals surface area contributed by atoms with Crippen molar-refractivity contribution in [1.82, 2.24) is 0 Å². The van der Waals surface area contributed by atoms with Crippen molar-refractivity contribution in [1.29, 1.82) is 0 Å². The molecule has 0 amide bonds. The first-order valence-corrected chi connectivity index (χ1v) is 6.21. The normalized spacial score (nSPS) is 21.1. The molecule has 1 aliphatic heterocycles. The van der Waals surface area contributed by atoms with Crippen molar-refractivity contribution in [2.45, 2.75) is 44.8 Å². The fourth-order valence-corrected chi connectivity index (χ4v) is 1.91. The Morgan fingerprint density at radius 3 is 3.06 bits per heavy atom. The number of rotatable bonds is 6. The minimum Gasteiger partial charge on any atom is -0.469 e. The summed E-state index contributed by atoms with van der Waals surface area (Å²) < 4.78 is 16.4. The van der Waals surface area contributed by atoms with E-state index in [4.69, 9.17) is 13.9 Å². The average Bonchev–Trinajstić information content (AvgIpc) is 2.83. The van der Waals surface area contributed by atoms with Gasteiger partial charge in [0.05, 0.1) is 6.26 Å². The molecular formula is C13H20O3. The molecule has 1 unspecified atom stereocenters. The minimum absolute atomic E-state index is 0.0531. The highest BCUT2D eigenvalue weighted by Crippen LogP contribution is 2.14. The van der Waals surface area contributed by atoms with Gasteiger partial charge in [-0.1, -0.05) is 0 Å². The molecule has 1 atom stereocenters. The van der Waals surface area contributed by atoms with E-state index < -0.39 is 0 Å². The SMILES string of the molecule is c1coc(CCCCOC2CCCCO2)c1. The predicted molar refractivity (Wildman–Crippen MR) is 61.2 cm³/mol. The molecule has 16 heavy (non-hydrogen) atoms. The van der Waals surface area contributed by atoms with Crippen molar-refractivity contribution in [2.24, 2.45) is 0 Å². The summed E-state index contributed by atoms with van der Waals surface area (Å²) in [7, 11) is 0. The van der Waals surface area contributed by atoms with Gasteiger partial charge in [-0.15, -0.1) is 0 Å². The number of hydrogen-bond acceptors (Lipinski definition) is 3. The third-order valence-electron chi connectivity index (χ3n) is 2.84. The van der Waals surface area contributed by atoms with E-state index in [9.17, 15) is 0 Å². The monoisotopic (exact) mass is 224 g/mol. The van der Waals surface area contributed by atoms with Crippen LogP contribution in [0.25, 0.3) is 0 Å². The summed E-state index contributed by atoms with van der Waals surface area (Å²) in [4.78, 5) is 0. The van der Waals surface area contributed by atoms with E-state index in [0.717, 1.165) is 44.7 Å². The molecule has 0 aliphatic carbocycles. The van der Waals surface area contributed by atoms with E-state index in [1.54, 1.807) is 6.26 Å². The van der Waals surface area contributed by atoms with Crippen LogP contribution in [0.15, 0.2) is 22.8 Å². The summed E-state index contributed by atoms with van der Waals surface area (Å²) in [6, 6.07) is 3.95. The second-order valence-electron chi connectivity index (χ2n) is 4.20. The molecule has 90 valence electrons. The van der Waals surface area contributed by atoms with Gasteiger partial charge >= 0.3 is 0 Å².